The molecule has 0 aliphatic heterocycles. The summed E-state index contributed by atoms with van der Waals surface area (Å²) in [5, 5.41) is 13.7. The summed E-state index contributed by atoms with van der Waals surface area (Å²) in [4.78, 5) is 13.0. The monoisotopic (exact) mass is 523 g/mol. The second-order valence-electron chi connectivity index (χ2n) is 14.8. The second kappa shape index (κ2) is 9.46. The fourth-order valence-corrected chi connectivity index (χ4v) is 10.3. The lowest BCUT2D eigenvalue weighted by molar-refractivity contribution is -0.120. The molecule has 0 bridgehead atoms. The summed E-state index contributed by atoms with van der Waals surface area (Å²) >= 11 is 0. The minimum atomic E-state index is -0.384. The topological polar surface area (TPSA) is 49.3 Å². The fourth-order valence-electron chi connectivity index (χ4n) is 10.3. The minimum absolute atomic E-state index is 0.0285. The largest absolute Gasteiger partial charge is 0.393 e. The van der Waals surface area contributed by atoms with Crippen molar-refractivity contribution in [3.8, 4) is 0 Å². The number of hydrogen-bond acceptors (Lipinski definition) is 2. The Morgan fingerprint density at radius 3 is 2.42 bits per heavy atom. The molecule has 2 unspecified atom stereocenters. The van der Waals surface area contributed by atoms with Gasteiger partial charge in [0.2, 0.25) is 5.91 Å². The molecule has 3 nitrogen and oxygen atoms in total. The highest BCUT2D eigenvalue weighted by Crippen LogP contribution is 2.72. The highest BCUT2D eigenvalue weighted by atomic mass is 19.1. The first-order valence-corrected chi connectivity index (χ1v) is 15.2. The number of carbonyl (C=O) groups is 1. The quantitative estimate of drug-likeness (QED) is 0.380. The Hall–Kier alpha value is -1.68. The van der Waals surface area contributed by atoms with Crippen LogP contribution in [0.4, 0.5) is 10.1 Å². The van der Waals surface area contributed by atoms with Gasteiger partial charge in [0.25, 0.3) is 0 Å². The van der Waals surface area contributed by atoms with Crippen LogP contribution in [0.15, 0.2) is 35.4 Å². The van der Waals surface area contributed by atoms with Gasteiger partial charge in [0.15, 0.2) is 0 Å². The molecule has 210 valence electrons. The van der Waals surface area contributed by atoms with Gasteiger partial charge in [0.1, 0.15) is 5.82 Å². The van der Waals surface area contributed by atoms with E-state index in [1.165, 1.54) is 44.6 Å². The van der Waals surface area contributed by atoms with Crippen LogP contribution in [0.5, 0.6) is 0 Å². The Bertz CT molecular complexity index is 1130. The highest BCUT2D eigenvalue weighted by molar-refractivity contribution is 5.92. The van der Waals surface area contributed by atoms with Crippen LogP contribution >= 0.6 is 0 Å². The fraction of sp³-hybridized carbons (Fsp3) is 0.735. The Morgan fingerprint density at radius 1 is 1.00 bits per heavy atom. The zero-order valence-electron chi connectivity index (χ0n) is 24.8. The maximum Gasteiger partial charge on any atom is 0.227 e. The van der Waals surface area contributed by atoms with Gasteiger partial charge in [0, 0.05) is 5.92 Å². The first kappa shape index (κ1) is 27.9. The molecular formula is C34H50FNO2. The summed E-state index contributed by atoms with van der Waals surface area (Å²) in [5.74, 6) is 0.932. The number of amides is 1. The molecule has 0 spiro atoms. The van der Waals surface area contributed by atoms with E-state index in [1.54, 1.807) is 29.3 Å². The molecule has 1 aromatic carbocycles. The van der Waals surface area contributed by atoms with Gasteiger partial charge in [0.05, 0.1) is 11.8 Å². The lowest BCUT2D eigenvalue weighted by Crippen LogP contribution is -2.55. The molecule has 38 heavy (non-hydrogen) atoms. The number of allylic oxidation sites excluding steroid dienone is 2. The van der Waals surface area contributed by atoms with E-state index >= 15 is 0 Å². The number of hydrogen-bond donors (Lipinski definition) is 2. The molecule has 0 heterocycles. The Labute approximate surface area is 230 Å². The first-order valence-electron chi connectivity index (χ1n) is 15.2. The van der Waals surface area contributed by atoms with Gasteiger partial charge in [-0.1, -0.05) is 71.7 Å². The van der Waals surface area contributed by atoms with E-state index < -0.39 is 0 Å². The summed E-state index contributed by atoms with van der Waals surface area (Å²) in [5.41, 5.74) is 4.42. The molecule has 5 rings (SSSR count). The number of anilines is 1. The number of aliphatic hydroxyl groups is 1. The van der Waals surface area contributed by atoms with Crippen LogP contribution in [-0.2, 0) is 4.79 Å². The van der Waals surface area contributed by atoms with Crippen LogP contribution in [0.25, 0.3) is 0 Å². The lowest BCUT2D eigenvalue weighted by atomic mass is 9.43. The Morgan fingerprint density at radius 2 is 1.71 bits per heavy atom. The molecule has 1 aromatic rings. The number of para-hydroxylation sites is 1. The van der Waals surface area contributed by atoms with Gasteiger partial charge < -0.3 is 10.4 Å². The van der Waals surface area contributed by atoms with Crippen molar-refractivity contribution in [3.05, 3.63) is 41.2 Å². The van der Waals surface area contributed by atoms with Crippen LogP contribution in [0.1, 0.15) is 106 Å². The highest BCUT2D eigenvalue weighted by Gasteiger charge is 2.63. The molecule has 0 aromatic heterocycles. The average Bonchev–Trinajstić information content (AvgIpc) is 3.14. The van der Waals surface area contributed by atoms with Gasteiger partial charge in [-0.15, -0.1) is 0 Å². The zero-order chi connectivity index (χ0) is 27.7. The van der Waals surface area contributed by atoms with Crippen molar-refractivity contribution in [2.75, 3.05) is 5.32 Å². The van der Waals surface area contributed by atoms with Gasteiger partial charge in [-0.2, -0.15) is 0 Å². The third-order valence-corrected chi connectivity index (χ3v) is 12.8. The Balaban J connectivity index is 1.35. The molecule has 0 saturated heterocycles. The summed E-state index contributed by atoms with van der Waals surface area (Å²) in [6.45, 7) is 16.6. The maximum atomic E-state index is 14.1. The van der Waals surface area contributed by atoms with Crippen LogP contribution in [0.2, 0.25) is 0 Å². The Kier molecular flexibility index (Phi) is 6.94. The van der Waals surface area contributed by atoms with E-state index in [2.05, 4.69) is 46.9 Å². The number of fused-ring (bicyclic) bond motifs is 4. The standard InChI is InChI=1S/C34H50FNO2/c1-21(20-22(2)30(38)36-27-11-9-8-10-26(27)35)23-14-18-34(7)25-12-13-28-31(3,4)29(37)16-17-32(28,5)24(25)15-19-33(23,34)6/h8-11,21-23,28-29,37H,12-20H2,1-7H3,(H,36,38)/t21?,22?,23-,28+,29+,32-,33-,34+/m1/s1. The van der Waals surface area contributed by atoms with E-state index in [0.29, 0.717) is 17.8 Å². The number of nitrogens with one attached hydrogen (secondary N) is 1. The normalized spacial score (nSPS) is 39.6. The van der Waals surface area contributed by atoms with Crippen LogP contribution in [-0.4, -0.2) is 17.1 Å². The molecule has 2 saturated carbocycles. The van der Waals surface area contributed by atoms with E-state index in [9.17, 15) is 14.3 Å². The molecule has 4 heteroatoms. The summed E-state index contributed by atoms with van der Waals surface area (Å²) in [7, 11) is 0. The van der Waals surface area contributed by atoms with Gasteiger partial charge in [-0.05, 0) is 109 Å². The zero-order valence-corrected chi connectivity index (χ0v) is 24.8. The summed E-state index contributed by atoms with van der Waals surface area (Å²) in [6, 6.07) is 6.41. The smallest absolute Gasteiger partial charge is 0.227 e. The van der Waals surface area contributed by atoms with Crippen molar-refractivity contribution in [1.82, 2.24) is 0 Å². The molecule has 2 fully saturated rings. The molecule has 4 aliphatic carbocycles. The van der Waals surface area contributed by atoms with Crippen molar-refractivity contribution >= 4 is 11.6 Å². The van der Waals surface area contributed by atoms with Crippen molar-refractivity contribution in [3.63, 3.8) is 0 Å². The van der Waals surface area contributed by atoms with Gasteiger partial charge in [-0.3, -0.25) is 4.79 Å². The number of carbonyl (C=O) groups excluding carboxylic acids is 1. The molecule has 4 aliphatic rings. The molecule has 0 radical (unpaired) electrons. The van der Waals surface area contributed by atoms with E-state index in [0.717, 1.165) is 19.3 Å². The maximum absolute atomic E-state index is 14.1. The number of aliphatic hydroxyl groups excluding tert-OH is 1. The second-order valence-corrected chi connectivity index (χ2v) is 14.8. The third-order valence-electron chi connectivity index (χ3n) is 12.8. The summed E-state index contributed by atoms with van der Waals surface area (Å²) < 4.78 is 14.1. The van der Waals surface area contributed by atoms with E-state index in [-0.39, 0.29) is 51.1 Å². The van der Waals surface area contributed by atoms with Crippen molar-refractivity contribution in [2.45, 2.75) is 112 Å². The predicted molar refractivity (Wildman–Crippen MR) is 153 cm³/mol. The van der Waals surface area contributed by atoms with E-state index in [4.69, 9.17) is 0 Å². The van der Waals surface area contributed by atoms with Crippen molar-refractivity contribution < 1.29 is 14.3 Å². The molecule has 8 atom stereocenters. The lowest BCUT2D eigenvalue weighted by Gasteiger charge is -2.62. The summed E-state index contributed by atoms with van der Waals surface area (Å²) in [6.07, 6.45) is 9.90. The molecular weight excluding hydrogens is 473 g/mol. The van der Waals surface area contributed by atoms with Crippen LogP contribution in [0.3, 0.4) is 0 Å². The molecule has 2 N–H and O–H groups in total. The third kappa shape index (κ3) is 4.02. The molecule has 1 amide bonds. The van der Waals surface area contributed by atoms with Crippen molar-refractivity contribution in [2.24, 2.45) is 45.3 Å². The SMILES string of the molecule is CC(CC(C)[C@H]1CC[C@@]2(C)C3=C(CC[C@]12C)[C@@]1(C)CC[C@H](O)C(C)(C)[C@@H]1CC3)C(=O)Nc1ccccc1F. The average molecular weight is 524 g/mol. The minimum Gasteiger partial charge on any atom is -0.393 e. The van der Waals surface area contributed by atoms with E-state index in [1.807, 2.05) is 6.92 Å². The van der Waals surface area contributed by atoms with Crippen LogP contribution < -0.4 is 5.32 Å². The van der Waals surface area contributed by atoms with Crippen molar-refractivity contribution in [1.29, 1.82) is 0 Å². The van der Waals surface area contributed by atoms with Gasteiger partial charge >= 0.3 is 0 Å². The predicted octanol–water partition coefficient (Wildman–Crippen LogP) is 8.54. The number of benzene rings is 1. The number of rotatable bonds is 5. The first-order chi connectivity index (χ1) is 17.8. The van der Waals surface area contributed by atoms with Gasteiger partial charge in [-0.25, -0.2) is 4.39 Å². The number of halogens is 1. The van der Waals surface area contributed by atoms with Crippen LogP contribution in [0, 0.1) is 51.1 Å².